The van der Waals surface area contributed by atoms with Gasteiger partial charge in [0.1, 0.15) is 0 Å². The maximum absolute atomic E-state index is 13.1. The van der Waals surface area contributed by atoms with E-state index in [1.807, 2.05) is 24.0 Å². The summed E-state index contributed by atoms with van der Waals surface area (Å²) in [5.41, 5.74) is 1.31. The number of nitrogens with zero attached hydrogens (tertiary/aromatic N) is 2. The lowest BCUT2D eigenvalue weighted by molar-refractivity contribution is -0.153. The highest BCUT2D eigenvalue weighted by molar-refractivity contribution is 5.91. The molecule has 0 aromatic heterocycles. The number of carbonyl (C=O) groups is 2. The van der Waals surface area contributed by atoms with Crippen molar-refractivity contribution in [1.29, 1.82) is 5.26 Å². The Balaban J connectivity index is 1.46. The molecule has 4 aliphatic carbocycles. The summed E-state index contributed by atoms with van der Waals surface area (Å²) < 4.78 is 5.36. The minimum Gasteiger partial charge on any atom is -0.452 e. The first kappa shape index (κ1) is 19.0. The highest BCUT2D eigenvalue weighted by Crippen LogP contribution is 2.57. The molecule has 5 rings (SSSR count). The SMILES string of the molecule is Cc1cccc(C(=O)OCC(=O)N(CCC#N)C23CC4CC(CC(C4)C2)C3)c1. The van der Waals surface area contributed by atoms with E-state index in [0.29, 0.717) is 36.3 Å². The van der Waals surface area contributed by atoms with Gasteiger partial charge < -0.3 is 9.64 Å². The lowest BCUT2D eigenvalue weighted by Gasteiger charge is -2.60. The quantitative estimate of drug-likeness (QED) is 0.703. The van der Waals surface area contributed by atoms with E-state index in [0.717, 1.165) is 24.8 Å². The van der Waals surface area contributed by atoms with Crippen LogP contribution >= 0.6 is 0 Å². The Morgan fingerprint density at radius 1 is 1.18 bits per heavy atom. The molecule has 0 aliphatic heterocycles. The van der Waals surface area contributed by atoms with Crippen molar-refractivity contribution in [2.24, 2.45) is 17.8 Å². The molecule has 4 saturated carbocycles. The Kier molecular flexibility index (Phi) is 5.14. The van der Waals surface area contributed by atoms with E-state index in [-0.39, 0.29) is 18.1 Å². The van der Waals surface area contributed by atoms with E-state index in [9.17, 15) is 9.59 Å². The van der Waals surface area contributed by atoms with Crippen LogP contribution in [0.3, 0.4) is 0 Å². The standard InChI is InChI=1S/C23H28N2O3/c1-16-4-2-5-20(8-16)22(27)28-15-21(26)25(7-3-6-24)23-12-17-9-18(13-23)11-19(10-17)14-23/h2,4-5,8,17-19H,3,7,9-15H2,1H3. The number of amides is 1. The number of hydrogen-bond acceptors (Lipinski definition) is 4. The molecular formula is C23H28N2O3. The number of aryl methyl sites for hydroxylation is 1. The van der Waals surface area contributed by atoms with Crippen LogP contribution in [0, 0.1) is 36.0 Å². The number of rotatable bonds is 6. The van der Waals surface area contributed by atoms with Crippen molar-refractivity contribution in [1.82, 2.24) is 4.90 Å². The van der Waals surface area contributed by atoms with Gasteiger partial charge in [-0.25, -0.2) is 4.79 Å². The van der Waals surface area contributed by atoms with E-state index in [1.165, 1.54) is 19.3 Å². The Bertz CT molecular complexity index is 775. The van der Waals surface area contributed by atoms with Gasteiger partial charge in [0, 0.05) is 12.1 Å². The van der Waals surface area contributed by atoms with Crippen LogP contribution in [0.5, 0.6) is 0 Å². The van der Waals surface area contributed by atoms with Crippen molar-refractivity contribution in [2.75, 3.05) is 13.2 Å². The normalized spacial score (nSPS) is 29.9. The molecule has 148 valence electrons. The second kappa shape index (κ2) is 7.58. The average molecular weight is 380 g/mol. The van der Waals surface area contributed by atoms with Crippen molar-refractivity contribution >= 4 is 11.9 Å². The van der Waals surface area contributed by atoms with Gasteiger partial charge in [0.25, 0.3) is 5.91 Å². The zero-order valence-corrected chi connectivity index (χ0v) is 16.5. The van der Waals surface area contributed by atoms with Gasteiger partial charge in [0.2, 0.25) is 0 Å². The molecule has 4 bridgehead atoms. The third kappa shape index (κ3) is 3.65. The summed E-state index contributed by atoms with van der Waals surface area (Å²) in [7, 11) is 0. The van der Waals surface area contributed by atoms with Gasteiger partial charge >= 0.3 is 5.97 Å². The second-order valence-corrected chi connectivity index (χ2v) is 9.04. The molecular weight excluding hydrogens is 352 g/mol. The lowest BCUT2D eigenvalue weighted by atomic mass is 9.52. The molecule has 0 spiro atoms. The van der Waals surface area contributed by atoms with E-state index >= 15 is 0 Å². The molecule has 1 amide bonds. The number of benzene rings is 1. The monoisotopic (exact) mass is 380 g/mol. The molecule has 28 heavy (non-hydrogen) atoms. The van der Waals surface area contributed by atoms with Crippen molar-refractivity contribution in [3.8, 4) is 6.07 Å². The van der Waals surface area contributed by atoms with E-state index < -0.39 is 5.97 Å². The van der Waals surface area contributed by atoms with Gasteiger partial charge in [0.05, 0.1) is 18.1 Å². The van der Waals surface area contributed by atoms with Crippen molar-refractivity contribution in [2.45, 2.75) is 57.4 Å². The fourth-order valence-electron chi connectivity index (χ4n) is 6.24. The summed E-state index contributed by atoms with van der Waals surface area (Å²) in [6, 6.07) is 9.37. The van der Waals surface area contributed by atoms with E-state index in [1.54, 1.807) is 12.1 Å². The highest BCUT2D eigenvalue weighted by atomic mass is 16.5. The largest absolute Gasteiger partial charge is 0.452 e. The summed E-state index contributed by atoms with van der Waals surface area (Å²) in [4.78, 5) is 27.4. The molecule has 1 aromatic rings. The van der Waals surface area contributed by atoms with E-state index in [4.69, 9.17) is 10.00 Å². The van der Waals surface area contributed by atoms with Crippen LogP contribution in [0.2, 0.25) is 0 Å². The number of ether oxygens (including phenoxy) is 1. The van der Waals surface area contributed by atoms with Gasteiger partial charge in [-0.15, -0.1) is 0 Å². The average Bonchev–Trinajstić information content (AvgIpc) is 2.65. The summed E-state index contributed by atoms with van der Waals surface area (Å²) in [5.74, 6) is 1.50. The van der Waals surface area contributed by atoms with Crippen molar-refractivity contribution in [3.63, 3.8) is 0 Å². The Morgan fingerprint density at radius 3 is 2.39 bits per heavy atom. The van der Waals surface area contributed by atoms with Crippen LogP contribution in [0.15, 0.2) is 24.3 Å². The molecule has 4 aliphatic rings. The summed E-state index contributed by atoms with van der Waals surface area (Å²) in [6.45, 7) is 2.10. The van der Waals surface area contributed by atoms with Crippen LogP contribution < -0.4 is 0 Å². The fraction of sp³-hybridized carbons (Fsp3) is 0.609. The van der Waals surface area contributed by atoms with Gasteiger partial charge in [-0.2, -0.15) is 5.26 Å². The van der Waals surface area contributed by atoms with Crippen LogP contribution in [-0.2, 0) is 9.53 Å². The minimum atomic E-state index is -0.470. The molecule has 0 atom stereocenters. The maximum atomic E-state index is 13.1. The van der Waals surface area contributed by atoms with Gasteiger partial charge in [-0.05, 0) is 75.3 Å². The van der Waals surface area contributed by atoms with Gasteiger partial charge in [-0.1, -0.05) is 17.7 Å². The topological polar surface area (TPSA) is 70.4 Å². The molecule has 1 aromatic carbocycles. The Morgan fingerprint density at radius 2 is 1.82 bits per heavy atom. The number of esters is 1. The number of nitriles is 1. The number of hydrogen-bond donors (Lipinski definition) is 0. The summed E-state index contributed by atoms with van der Waals surface area (Å²) in [6.07, 6.45) is 7.33. The molecule has 5 heteroatoms. The van der Waals surface area contributed by atoms with E-state index in [2.05, 4.69) is 6.07 Å². The predicted octanol–water partition coefficient (Wildman–Crippen LogP) is 3.86. The summed E-state index contributed by atoms with van der Waals surface area (Å²) in [5, 5.41) is 9.10. The first-order chi connectivity index (χ1) is 13.5. The Hall–Kier alpha value is -2.35. The van der Waals surface area contributed by atoms with Crippen LogP contribution in [0.25, 0.3) is 0 Å². The Labute approximate surface area is 166 Å². The molecule has 5 nitrogen and oxygen atoms in total. The van der Waals surface area contributed by atoms with Gasteiger partial charge in [0.15, 0.2) is 6.61 Å². The zero-order valence-electron chi connectivity index (χ0n) is 16.5. The first-order valence-corrected chi connectivity index (χ1v) is 10.4. The third-order valence-corrected chi connectivity index (χ3v) is 6.91. The molecule has 4 fully saturated rings. The molecule has 0 radical (unpaired) electrons. The minimum absolute atomic E-state index is 0.127. The molecule has 0 saturated heterocycles. The van der Waals surface area contributed by atoms with Crippen LogP contribution in [-0.4, -0.2) is 35.5 Å². The lowest BCUT2D eigenvalue weighted by Crippen LogP contribution is -2.62. The van der Waals surface area contributed by atoms with Gasteiger partial charge in [-0.3, -0.25) is 4.79 Å². The second-order valence-electron chi connectivity index (χ2n) is 9.04. The van der Waals surface area contributed by atoms with Crippen molar-refractivity contribution < 1.29 is 14.3 Å². The molecule has 0 N–H and O–H groups in total. The molecule has 0 heterocycles. The van der Waals surface area contributed by atoms with Crippen LogP contribution in [0.4, 0.5) is 0 Å². The fourth-order valence-corrected chi connectivity index (χ4v) is 6.24. The molecule has 0 unspecified atom stereocenters. The maximum Gasteiger partial charge on any atom is 0.338 e. The van der Waals surface area contributed by atoms with Crippen molar-refractivity contribution in [3.05, 3.63) is 35.4 Å². The number of carbonyl (C=O) groups excluding carboxylic acids is 2. The zero-order chi connectivity index (χ0) is 19.7. The highest BCUT2D eigenvalue weighted by Gasteiger charge is 2.54. The first-order valence-electron chi connectivity index (χ1n) is 10.4. The van der Waals surface area contributed by atoms with Crippen LogP contribution in [0.1, 0.15) is 60.9 Å². The summed E-state index contributed by atoms with van der Waals surface area (Å²) >= 11 is 0. The predicted molar refractivity (Wildman–Crippen MR) is 104 cm³/mol. The smallest absolute Gasteiger partial charge is 0.338 e. The third-order valence-electron chi connectivity index (χ3n) is 6.91.